The van der Waals surface area contributed by atoms with Crippen LogP contribution in [0, 0.1) is 11.6 Å². The second-order valence-corrected chi connectivity index (χ2v) is 6.41. The number of carbonyl (C=O) groups excluding carboxylic acids is 1. The summed E-state index contributed by atoms with van der Waals surface area (Å²) in [5.41, 5.74) is -0.737. The Hall–Kier alpha value is -1.49. The number of nitrogens with one attached hydrogen (secondary N) is 1. The van der Waals surface area contributed by atoms with E-state index in [4.69, 9.17) is 4.74 Å². The largest absolute Gasteiger partial charge is 0.468 e. The van der Waals surface area contributed by atoms with Gasteiger partial charge in [0.25, 0.3) is 0 Å². The molecular weight excluding hydrogens is 288 g/mol. The van der Waals surface area contributed by atoms with Gasteiger partial charge in [-0.15, -0.1) is 0 Å². The van der Waals surface area contributed by atoms with Gasteiger partial charge in [-0.3, -0.25) is 4.79 Å². The molecule has 5 heteroatoms. The standard InChI is InChI=1S/C17H21F2NO2/c1-22-16(21)17(14-5-2-11(18)10-15(14)19)8-6-13(7-9-17)20-12-3-4-12/h2,5,10,12-13,20H,3-4,6-9H2,1H3/t13-,17+. The molecule has 0 saturated heterocycles. The predicted octanol–water partition coefficient (Wildman–Crippen LogP) is 3.07. The van der Waals surface area contributed by atoms with E-state index in [1.807, 2.05) is 0 Å². The molecule has 0 spiro atoms. The van der Waals surface area contributed by atoms with Gasteiger partial charge in [-0.05, 0) is 44.6 Å². The minimum atomic E-state index is -0.992. The highest BCUT2D eigenvalue weighted by Gasteiger charge is 2.46. The lowest BCUT2D eigenvalue weighted by Gasteiger charge is -2.38. The Morgan fingerprint density at radius 2 is 1.82 bits per heavy atom. The molecule has 1 aromatic carbocycles. The molecule has 0 aromatic heterocycles. The van der Waals surface area contributed by atoms with Crippen molar-refractivity contribution >= 4 is 5.97 Å². The number of ether oxygens (including phenoxy) is 1. The lowest BCUT2D eigenvalue weighted by atomic mass is 9.68. The van der Waals surface area contributed by atoms with Crippen molar-refractivity contribution in [3.63, 3.8) is 0 Å². The molecule has 2 fully saturated rings. The van der Waals surface area contributed by atoms with Crippen LogP contribution in [-0.4, -0.2) is 25.2 Å². The van der Waals surface area contributed by atoms with Crippen LogP contribution in [0.25, 0.3) is 0 Å². The minimum absolute atomic E-state index is 0.255. The summed E-state index contributed by atoms with van der Waals surface area (Å²) in [5.74, 6) is -1.73. The van der Waals surface area contributed by atoms with Crippen LogP contribution in [0.5, 0.6) is 0 Å². The third kappa shape index (κ3) is 2.86. The molecule has 0 radical (unpaired) electrons. The molecule has 1 aromatic rings. The number of rotatable bonds is 4. The number of esters is 1. The first kappa shape index (κ1) is 15.4. The van der Waals surface area contributed by atoms with Crippen LogP contribution in [0.15, 0.2) is 18.2 Å². The first-order valence-corrected chi connectivity index (χ1v) is 7.85. The second-order valence-electron chi connectivity index (χ2n) is 6.41. The topological polar surface area (TPSA) is 38.3 Å². The van der Waals surface area contributed by atoms with Crippen molar-refractivity contribution in [3.8, 4) is 0 Å². The fourth-order valence-electron chi connectivity index (χ4n) is 3.52. The Morgan fingerprint density at radius 3 is 2.36 bits per heavy atom. The molecule has 22 heavy (non-hydrogen) atoms. The third-order valence-corrected chi connectivity index (χ3v) is 4.91. The van der Waals surface area contributed by atoms with Crippen LogP contribution in [-0.2, 0) is 14.9 Å². The van der Waals surface area contributed by atoms with Gasteiger partial charge in [-0.1, -0.05) is 6.07 Å². The Morgan fingerprint density at radius 1 is 1.18 bits per heavy atom. The molecule has 0 bridgehead atoms. The van der Waals surface area contributed by atoms with Crippen molar-refractivity contribution < 1.29 is 18.3 Å². The second kappa shape index (κ2) is 5.95. The highest BCUT2D eigenvalue weighted by atomic mass is 19.1. The van der Waals surface area contributed by atoms with E-state index < -0.39 is 23.0 Å². The number of methoxy groups -OCH3 is 1. The zero-order valence-electron chi connectivity index (χ0n) is 12.7. The van der Waals surface area contributed by atoms with E-state index in [-0.39, 0.29) is 5.56 Å². The average Bonchev–Trinajstić information content (AvgIpc) is 3.32. The quantitative estimate of drug-likeness (QED) is 0.869. The summed E-state index contributed by atoms with van der Waals surface area (Å²) in [4.78, 5) is 12.4. The van der Waals surface area contributed by atoms with Gasteiger partial charge in [-0.2, -0.15) is 0 Å². The molecule has 0 unspecified atom stereocenters. The summed E-state index contributed by atoms with van der Waals surface area (Å²) >= 11 is 0. The number of carbonyl (C=O) groups is 1. The van der Waals surface area contributed by atoms with E-state index in [0.717, 1.165) is 18.9 Å². The first-order valence-electron chi connectivity index (χ1n) is 7.85. The van der Waals surface area contributed by atoms with Crippen LogP contribution in [0.3, 0.4) is 0 Å². The van der Waals surface area contributed by atoms with E-state index in [1.165, 1.54) is 32.1 Å². The summed E-state index contributed by atoms with van der Waals surface area (Å²) < 4.78 is 32.3. The Labute approximate surface area is 129 Å². The van der Waals surface area contributed by atoms with E-state index in [2.05, 4.69) is 5.32 Å². The fraction of sp³-hybridized carbons (Fsp3) is 0.588. The fourth-order valence-corrected chi connectivity index (χ4v) is 3.52. The van der Waals surface area contributed by atoms with Gasteiger partial charge in [0.05, 0.1) is 12.5 Å². The summed E-state index contributed by atoms with van der Waals surface area (Å²) in [7, 11) is 1.32. The molecule has 0 atom stereocenters. The maximum absolute atomic E-state index is 14.2. The number of halogens is 2. The van der Waals surface area contributed by atoms with Crippen LogP contribution < -0.4 is 5.32 Å². The van der Waals surface area contributed by atoms with E-state index in [1.54, 1.807) is 0 Å². The lowest BCUT2D eigenvalue weighted by molar-refractivity contribution is -0.149. The highest BCUT2D eigenvalue weighted by molar-refractivity contribution is 5.83. The normalized spacial score (nSPS) is 28.4. The summed E-state index contributed by atoms with van der Waals surface area (Å²) in [6.45, 7) is 0. The summed E-state index contributed by atoms with van der Waals surface area (Å²) in [5, 5.41) is 3.56. The Bertz CT molecular complexity index is 564. The van der Waals surface area contributed by atoms with Crippen LogP contribution in [0.1, 0.15) is 44.1 Å². The van der Waals surface area contributed by atoms with Gasteiger partial charge in [0.2, 0.25) is 0 Å². The van der Waals surface area contributed by atoms with Gasteiger partial charge < -0.3 is 10.1 Å². The molecule has 3 rings (SSSR count). The van der Waals surface area contributed by atoms with Gasteiger partial charge in [-0.25, -0.2) is 8.78 Å². The monoisotopic (exact) mass is 309 g/mol. The average molecular weight is 309 g/mol. The van der Waals surface area contributed by atoms with Crippen molar-refractivity contribution in [2.75, 3.05) is 7.11 Å². The van der Waals surface area contributed by atoms with Crippen molar-refractivity contribution in [3.05, 3.63) is 35.4 Å². The lowest BCUT2D eigenvalue weighted by Crippen LogP contribution is -2.46. The Kier molecular flexibility index (Phi) is 4.17. The van der Waals surface area contributed by atoms with Gasteiger partial charge >= 0.3 is 5.97 Å². The van der Waals surface area contributed by atoms with E-state index >= 15 is 0 Å². The van der Waals surface area contributed by atoms with Gasteiger partial charge in [0.15, 0.2) is 0 Å². The first-order chi connectivity index (χ1) is 10.5. The highest BCUT2D eigenvalue weighted by Crippen LogP contribution is 2.42. The maximum Gasteiger partial charge on any atom is 0.316 e. The van der Waals surface area contributed by atoms with E-state index in [0.29, 0.717) is 24.9 Å². The zero-order chi connectivity index (χ0) is 15.7. The molecule has 2 aliphatic rings. The molecule has 120 valence electrons. The minimum Gasteiger partial charge on any atom is -0.468 e. The molecule has 0 aliphatic heterocycles. The summed E-state index contributed by atoms with van der Waals surface area (Å²) in [6.07, 6.45) is 5.06. The molecule has 3 nitrogen and oxygen atoms in total. The number of benzene rings is 1. The zero-order valence-corrected chi connectivity index (χ0v) is 12.7. The van der Waals surface area contributed by atoms with E-state index in [9.17, 15) is 13.6 Å². The van der Waals surface area contributed by atoms with Gasteiger partial charge in [0.1, 0.15) is 11.6 Å². The van der Waals surface area contributed by atoms with Crippen molar-refractivity contribution in [1.82, 2.24) is 5.32 Å². The number of hydrogen-bond acceptors (Lipinski definition) is 3. The maximum atomic E-state index is 14.2. The predicted molar refractivity (Wildman–Crippen MR) is 78.5 cm³/mol. The smallest absolute Gasteiger partial charge is 0.316 e. The molecular formula is C17H21F2NO2. The summed E-state index contributed by atoms with van der Waals surface area (Å²) in [6, 6.07) is 4.41. The van der Waals surface area contributed by atoms with Crippen LogP contribution in [0.4, 0.5) is 8.78 Å². The van der Waals surface area contributed by atoms with Crippen molar-refractivity contribution in [2.24, 2.45) is 0 Å². The van der Waals surface area contributed by atoms with Crippen LogP contribution >= 0.6 is 0 Å². The molecule has 2 aliphatic carbocycles. The molecule has 0 heterocycles. The van der Waals surface area contributed by atoms with Crippen LogP contribution in [0.2, 0.25) is 0 Å². The SMILES string of the molecule is COC(=O)[C@]1(c2ccc(F)cc2F)CC[C@H](NC2CC2)CC1. The molecule has 0 amide bonds. The van der Waals surface area contributed by atoms with Crippen molar-refractivity contribution in [2.45, 2.75) is 56.0 Å². The molecule has 1 N–H and O–H groups in total. The third-order valence-electron chi connectivity index (χ3n) is 4.91. The van der Waals surface area contributed by atoms with Crippen molar-refractivity contribution in [1.29, 1.82) is 0 Å². The van der Waals surface area contributed by atoms with Gasteiger partial charge in [0, 0.05) is 23.7 Å². The Balaban J connectivity index is 1.84. The molecule has 2 saturated carbocycles. The number of hydrogen-bond donors (Lipinski definition) is 1.